The maximum absolute atomic E-state index is 11.9. The number of aliphatic hydroxyl groups is 1. The summed E-state index contributed by atoms with van der Waals surface area (Å²) in [6.07, 6.45) is 4.11. The Labute approximate surface area is 111 Å². The van der Waals surface area contributed by atoms with Crippen LogP contribution >= 0.6 is 0 Å². The normalized spacial score (nSPS) is 11.9. The zero-order valence-corrected chi connectivity index (χ0v) is 12.1. The van der Waals surface area contributed by atoms with Crippen LogP contribution in [0.4, 0.5) is 0 Å². The van der Waals surface area contributed by atoms with Crippen molar-refractivity contribution in [2.75, 3.05) is 38.5 Å². The maximum Gasteiger partial charge on any atom is 0.214 e. The number of sulfonamides is 1. The minimum absolute atomic E-state index is 0.134. The van der Waals surface area contributed by atoms with Crippen LogP contribution in [0.2, 0.25) is 0 Å². The van der Waals surface area contributed by atoms with Gasteiger partial charge in [0, 0.05) is 13.1 Å². The molecule has 0 radical (unpaired) electrons. The van der Waals surface area contributed by atoms with Crippen molar-refractivity contribution in [3.8, 4) is 0 Å². The topological polar surface area (TPSA) is 69.6 Å². The van der Waals surface area contributed by atoms with Crippen molar-refractivity contribution in [1.82, 2.24) is 9.62 Å². The molecule has 0 saturated carbocycles. The maximum atomic E-state index is 11.9. The Bertz CT molecular complexity index is 304. The fraction of sp³-hybridized carbons (Fsp3) is 0.833. The van der Waals surface area contributed by atoms with Gasteiger partial charge < -0.3 is 10.4 Å². The molecule has 0 unspecified atom stereocenters. The molecule has 5 nitrogen and oxygen atoms in total. The van der Waals surface area contributed by atoms with E-state index in [1.165, 1.54) is 10.4 Å². The molecular weight excluding hydrogens is 252 g/mol. The fourth-order valence-electron chi connectivity index (χ4n) is 1.56. The van der Waals surface area contributed by atoms with Crippen molar-refractivity contribution >= 4 is 10.0 Å². The Morgan fingerprint density at radius 3 is 2.61 bits per heavy atom. The van der Waals surface area contributed by atoms with Crippen molar-refractivity contribution in [2.45, 2.75) is 26.2 Å². The SMILES string of the molecule is C=CCN(CCO)S(=O)(=O)CCCCNCCC. The van der Waals surface area contributed by atoms with Crippen molar-refractivity contribution < 1.29 is 13.5 Å². The Kier molecular flexibility index (Phi) is 10.2. The average Bonchev–Trinajstić information content (AvgIpc) is 2.33. The van der Waals surface area contributed by atoms with Gasteiger partial charge in [0.1, 0.15) is 0 Å². The standard InChI is InChI=1S/C12H26N2O3S/c1-3-7-13-8-5-6-12-18(16,17)14(9-4-2)10-11-15/h4,13,15H,2-3,5-12H2,1H3. The van der Waals surface area contributed by atoms with Crippen LogP contribution in [0, 0.1) is 0 Å². The molecule has 0 aromatic heterocycles. The largest absolute Gasteiger partial charge is 0.395 e. The van der Waals surface area contributed by atoms with Gasteiger partial charge in [-0.15, -0.1) is 6.58 Å². The molecule has 0 heterocycles. The predicted octanol–water partition coefficient (Wildman–Crippen LogP) is 0.576. The van der Waals surface area contributed by atoms with Gasteiger partial charge >= 0.3 is 0 Å². The molecule has 0 saturated heterocycles. The number of nitrogens with one attached hydrogen (secondary N) is 1. The van der Waals surface area contributed by atoms with E-state index >= 15 is 0 Å². The van der Waals surface area contributed by atoms with Crippen molar-refractivity contribution in [2.24, 2.45) is 0 Å². The predicted molar refractivity (Wildman–Crippen MR) is 75.0 cm³/mol. The zero-order chi connectivity index (χ0) is 13.9. The number of rotatable bonds is 12. The second-order valence-electron chi connectivity index (χ2n) is 4.14. The first-order valence-corrected chi connectivity index (χ1v) is 8.09. The number of hydrogen-bond donors (Lipinski definition) is 2. The van der Waals surface area contributed by atoms with Gasteiger partial charge in [-0.05, 0) is 32.4 Å². The summed E-state index contributed by atoms with van der Waals surface area (Å²) in [6, 6.07) is 0. The highest BCUT2D eigenvalue weighted by Crippen LogP contribution is 2.04. The van der Waals surface area contributed by atoms with E-state index in [-0.39, 0.29) is 25.4 Å². The Morgan fingerprint density at radius 1 is 1.33 bits per heavy atom. The highest BCUT2D eigenvalue weighted by Gasteiger charge is 2.19. The molecule has 0 fully saturated rings. The molecule has 0 spiro atoms. The molecule has 0 aromatic rings. The van der Waals surface area contributed by atoms with Crippen LogP contribution in [-0.4, -0.2) is 56.4 Å². The third-order valence-electron chi connectivity index (χ3n) is 2.51. The summed E-state index contributed by atoms with van der Waals surface area (Å²) in [7, 11) is -3.27. The van der Waals surface area contributed by atoms with Crippen LogP contribution in [0.3, 0.4) is 0 Å². The van der Waals surface area contributed by atoms with Gasteiger partial charge in [-0.25, -0.2) is 8.42 Å². The van der Waals surface area contributed by atoms with E-state index in [1.807, 2.05) is 0 Å². The first-order valence-electron chi connectivity index (χ1n) is 6.48. The van der Waals surface area contributed by atoms with Crippen LogP contribution in [0.15, 0.2) is 12.7 Å². The lowest BCUT2D eigenvalue weighted by Crippen LogP contribution is -2.35. The van der Waals surface area contributed by atoms with Gasteiger partial charge in [0.05, 0.1) is 12.4 Å². The molecule has 0 atom stereocenters. The first kappa shape index (κ1) is 17.6. The Morgan fingerprint density at radius 2 is 2.06 bits per heavy atom. The third kappa shape index (κ3) is 7.81. The van der Waals surface area contributed by atoms with E-state index < -0.39 is 10.0 Å². The quantitative estimate of drug-likeness (QED) is 0.405. The van der Waals surface area contributed by atoms with Crippen LogP contribution in [-0.2, 0) is 10.0 Å². The number of aliphatic hydroxyl groups excluding tert-OH is 1. The average molecular weight is 278 g/mol. The van der Waals surface area contributed by atoms with Gasteiger partial charge in [-0.1, -0.05) is 13.0 Å². The lowest BCUT2D eigenvalue weighted by atomic mass is 10.3. The molecule has 0 aliphatic heterocycles. The van der Waals surface area contributed by atoms with E-state index in [0.717, 1.165) is 25.9 Å². The molecule has 18 heavy (non-hydrogen) atoms. The zero-order valence-electron chi connectivity index (χ0n) is 11.3. The Balaban J connectivity index is 3.99. The van der Waals surface area contributed by atoms with Crippen LogP contribution in [0.25, 0.3) is 0 Å². The van der Waals surface area contributed by atoms with Crippen LogP contribution in [0.5, 0.6) is 0 Å². The lowest BCUT2D eigenvalue weighted by Gasteiger charge is -2.19. The Hall–Kier alpha value is -0.430. The second-order valence-corrected chi connectivity index (χ2v) is 6.23. The summed E-state index contributed by atoms with van der Waals surface area (Å²) in [5.41, 5.74) is 0. The highest BCUT2D eigenvalue weighted by molar-refractivity contribution is 7.89. The van der Waals surface area contributed by atoms with E-state index in [0.29, 0.717) is 6.42 Å². The second kappa shape index (κ2) is 10.5. The van der Waals surface area contributed by atoms with Gasteiger partial charge in [-0.2, -0.15) is 4.31 Å². The van der Waals surface area contributed by atoms with E-state index in [9.17, 15) is 8.42 Å². The monoisotopic (exact) mass is 278 g/mol. The van der Waals surface area contributed by atoms with E-state index in [1.54, 1.807) is 0 Å². The summed E-state index contributed by atoms with van der Waals surface area (Å²) >= 11 is 0. The number of unbranched alkanes of at least 4 members (excludes halogenated alkanes) is 1. The molecular formula is C12H26N2O3S. The molecule has 0 rings (SSSR count). The molecule has 0 amide bonds. The summed E-state index contributed by atoms with van der Waals surface area (Å²) < 4.78 is 25.2. The van der Waals surface area contributed by atoms with E-state index in [4.69, 9.17) is 5.11 Å². The summed E-state index contributed by atoms with van der Waals surface area (Å²) in [5, 5.41) is 12.1. The van der Waals surface area contributed by atoms with Crippen molar-refractivity contribution in [1.29, 1.82) is 0 Å². The molecule has 0 aliphatic carbocycles. The van der Waals surface area contributed by atoms with Crippen LogP contribution < -0.4 is 5.32 Å². The lowest BCUT2D eigenvalue weighted by molar-refractivity contribution is 0.260. The molecule has 2 N–H and O–H groups in total. The summed E-state index contributed by atoms with van der Waals surface area (Å²) in [5.74, 6) is 0.134. The van der Waals surface area contributed by atoms with Crippen molar-refractivity contribution in [3.05, 3.63) is 12.7 Å². The van der Waals surface area contributed by atoms with Crippen molar-refractivity contribution in [3.63, 3.8) is 0 Å². The van der Waals surface area contributed by atoms with Crippen LogP contribution in [0.1, 0.15) is 26.2 Å². The first-order chi connectivity index (χ1) is 8.58. The molecule has 0 aliphatic rings. The smallest absolute Gasteiger partial charge is 0.214 e. The van der Waals surface area contributed by atoms with Gasteiger partial charge in [0.15, 0.2) is 0 Å². The minimum Gasteiger partial charge on any atom is -0.395 e. The fourth-order valence-corrected chi connectivity index (χ4v) is 3.08. The molecule has 0 bridgehead atoms. The minimum atomic E-state index is -3.27. The third-order valence-corrected chi connectivity index (χ3v) is 4.43. The number of hydrogen-bond acceptors (Lipinski definition) is 4. The number of nitrogens with zero attached hydrogens (tertiary/aromatic N) is 1. The molecule has 6 heteroatoms. The molecule has 0 aromatic carbocycles. The van der Waals surface area contributed by atoms with Gasteiger partial charge in [0.2, 0.25) is 10.0 Å². The van der Waals surface area contributed by atoms with Gasteiger partial charge in [-0.3, -0.25) is 0 Å². The highest BCUT2D eigenvalue weighted by atomic mass is 32.2. The van der Waals surface area contributed by atoms with E-state index in [2.05, 4.69) is 18.8 Å². The molecule has 108 valence electrons. The summed E-state index contributed by atoms with van der Waals surface area (Å²) in [4.78, 5) is 0. The van der Waals surface area contributed by atoms with Gasteiger partial charge in [0.25, 0.3) is 0 Å². The summed E-state index contributed by atoms with van der Waals surface area (Å²) in [6.45, 7) is 7.69.